The van der Waals surface area contributed by atoms with Crippen molar-refractivity contribution in [2.75, 3.05) is 13.2 Å². The van der Waals surface area contributed by atoms with Crippen LogP contribution in [0.15, 0.2) is 0 Å². The first-order chi connectivity index (χ1) is 10.2. The molecule has 0 N–H and O–H groups in total. The van der Waals surface area contributed by atoms with E-state index in [1.807, 2.05) is 6.92 Å². The van der Waals surface area contributed by atoms with Gasteiger partial charge in [0.25, 0.3) is 0 Å². The second-order valence-corrected chi connectivity index (χ2v) is 5.86. The maximum absolute atomic E-state index is 11.9. The molecule has 1 aliphatic heterocycles. The molecule has 1 heterocycles. The van der Waals surface area contributed by atoms with Crippen LogP contribution in [0.2, 0.25) is 0 Å². The van der Waals surface area contributed by atoms with Gasteiger partial charge in [-0.2, -0.15) is 0 Å². The summed E-state index contributed by atoms with van der Waals surface area (Å²) < 4.78 is 10.3. The molecule has 1 saturated heterocycles. The molecule has 0 aromatic heterocycles. The average Bonchev–Trinajstić information content (AvgIpc) is 2.48. The molecular weight excluding hydrogens is 268 g/mol. The Balaban J connectivity index is 2.37. The van der Waals surface area contributed by atoms with Gasteiger partial charge < -0.3 is 9.47 Å². The van der Waals surface area contributed by atoms with Crippen LogP contribution in [-0.4, -0.2) is 25.2 Å². The molecule has 0 bridgehead atoms. The fraction of sp³-hybridized carbons (Fsp3) is 0.882. The van der Waals surface area contributed by atoms with E-state index >= 15 is 0 Å². The molecule has 1 fully saturated rings. The Labute approximate surface area is 128 Å². The average molecular weight is 298 g/mol. The lowest BCUT2D eigenvalue weighted by atomic mass is 9.98. The van der Waals surface area contributed by atoms with Crippen molar-refractivity contribution in [1.82, 2.24) is 0 Å². The third-order valence-electron chi connectivity index (χ3n) is 4.10. The fourth-order valence-corrected chi connectivity index (χ4v) is 2.70. The Bertz CT molecular complexity index is 301. The maximum atomic E-state index is 11.9. The Hall–Kier alpha value is -1.06. The normalized spacial score (nSPS) is 24.7. The topological polar surface area (TPSA) is 52.6 Å². The summed E-state index contributed by atoms with van der Waals surface area (Å²) in [5.74, 6) is -0.323. The Morgan fingerprint density at radius 3 is 2.10 bits per heavy atom. The van der Waals surface area contributed by atoms with Crippen LogP contribution in [0, 0.1) is 5.92 Å². The molecule has 0 spiro atoms. The van der Waals surface area contributed by atoms with Gasteiger partial charge in [0.2, 0.25) is 0 Å². The third kappa shape index (κ3) is 8.74. The van der Waals surface area contributed by atoms with E-state index in [9.17, 15) is 9.59 Å². The molecule has 1 unspecified atom stereocenters. The summed E-state index contributed by atoms with van der Waals surface area (Å²) in [5, 5.41) is 0. The molecule has 0 aromatic rings. The van der Waals surface area contributed by atoms with Gasteiger partial charge in [0, 0.05) is 6.42 Å². The number of hydrogen-bond donors (Lipinski definition) is 0. The summed E-state index contributed by atoms with van der Waals surface area (Å²) >= 11 is 0. The SMILES string of the molecule is CCC1CCCCCCCCCCC(=O)OCCOC1=O. The van der Waals surface area contributed by atoms with Crippen LogP contribution >= 0.6 is 0 Å². The molecule has 122 valence electrons. The van der Waals surface area contributed by atoms with E-state index in [1.165, 1.54) is 32.1 Å². The second-order valence-electron chi connectivity index (χ2n) is 5.86. The molecule has 4 nitrogen and oxygen atoms in total. The first kappa shape index (κ1) is 18.0. The van der Waals surface area contributed by atoms with Gasteiger partial charge in [-0.25, -0.2) is 0 Å². The van der Waals surface area contributed by atoms with Gasteiger partial charge in [0.1, 0.15) is 13.2 Å². The highest BCUT2D eigenvalue weighted by Crippen LogP contribution is 2.17. The number of rotatable bonds is 1. The van der Waals surface area contributed by atoms with Crippen LogP contribution in [-0.2, 0) is 19.1 Å². The van der Waals surface area contributed by atoms with E-state index in [2.05, 4.69) is 0 Å². The summed E-state index contributed by atoms with van der Waals surface area (Å²) in [6.07, 6.45) is 11.5. The summed E-state index contributed by atoms with van der Waals surface area (Å²) in [4.78, 5) is 23.4. The lowest BCUT2D eigenvalue weighted by Crippen LogP contribution is -2.20. The summed E-state index contributed by atoms with van der Waals surface area (Å²) in [5.41, 5.74) is 0. The van der Waals surface area contributed by atoms with Crippen molar-refractivity contribution in [3.8, 4) is 0 Å². The summed E-state index contributed by atoms with van der Waals surface area (Å²) in [6, 6.07) is 0. The van der Waals surface area contributed by atoms with Crippen LogP contribution in [0.3, 0.4) is 0 Å². The van der Waals surface area contributed by atoms with Crippen molar-refractivity contribution in [3.63, 3.8) is 0 Å². The lowest BCUT2D eigenvalue weighted by molar-refractivity contribution is -0.155. The van der Waals surface area contributed by atoms with E-state index in [1.54, 1.807) is 0 Å². The first-order valence-corrected chi connectivity index (χ1v) is 8.56. The molecule has 0 aromatic carbocycles. The number of carbonyl (C=O) groups excluding carboxylic acids is 2. The number of cyclic esters (lactones) is 2. The molecule has 4 heteroatoms. The monoisotopic (exact) mass is 298 g/mol. The largest absolute Gasteiger partial charge is 0.462 e. The van der Waals surface area contributed by atoms with Crippen molar-refractivity contribution in [1.29, 1.82) is 0 Å². The van der Waals surface area contributed by atoms with E-state index < -0.39 is 0 Å². The first-order valence-electron chi connectivity index (χ1n) is 8.56. The molecule has 0 saturated carbocycles. The highest BCUT2D eigenvalue weighted by molar-refractivity contribution is 5.72. The smallest absolute Gasteiger partial charge is 0.309 e. The van der Waals surface area contributed by atoms with Crippen molar-refractivity contribution >= 4 is 11.9 Å². The molecule has 0 amide bonds. The zero-order valence-electron chi connectivity index (χ0n) is 13.4. The lowest BCUT2D eigenvalue weighted by Gasteiger charge is -2.14. The van der Waals surface area contributed by atoms with Crippen LogP contribution < -0.4 is 0 Å². The minimum Gasteiger partial charge on any atom is -0.462 e. The number of esters is 2. The van der Waals surface area contributed by atoms with Crippen molar-refractivity contribution < 1.29 is 19.1 Å². The van der Waals surface area contributed by atoms with Crippen LogP contribution in [0.25, 0.3) is 0 Å². The minimum atomic E-state index is -0.178. The van der Waals surface area contributed by atoms with Crippen molar-refractivity contribution in [2.45, 2.75) is 77.6 Å². The fourth-order valence-electron chi connectivity index (χ4n) is 2.70. The van der Waals surface area contributed by atoms with Gasteiger partial charge in [0.05, 0.1) is 5.92 Å². The second kappa shape index (κ2) is 11.6. The van der Waals surface area contributed by atoms with E-state index in [-0.39, 0.29) is 31.1 Å². The summed E-state index contributed by atoms with van der Waals surface area (Å²) in [6.45, 7) is 2.39. The molecule has 1 aliphatic rings. The van der Waals surface area contributed by atoms with E-state index in [0.29, 0.717) is 6.42 Å². The Morgan fingerprint density at radius 2 is 1.43 bits per heavy atom. The highest BCUT2D eigenvalue weighted by atomic mass is 16.6. The number of ether oxygens (including phenoxy) is 2. The van der Waals surface area contributed by atoms with Gasteiger partial charge in [-0.05, 0) is 19.3 Å². The molecule has 0 aliphatic carbocycles. The van der Waals surface area contributed by atoms with Gasteiger partial charge in [0.15, 0.2) is 0 Å². The zero-order chi connectivity index (χ0) is 15.3. The molecular formula is C17H30O4. The van der Waals surface area contributed by atoms with Gasteiger partial charge >= 0.3 is 11.9 Å². The molecule has 1 rings (SSSR count). The van der Waals surface area contributed by atoms with E-state index in [0.717, 1.165) is 32.1 Å². The Morgan fingerprint density at radius 1 is 0.857 bits per heavy atom. The van der Waals surface area contributed by atoms with Crippen molar-refractivity contribution in [3.05, 3.63) is 0 Å². The van der Waals surface area contributed by atoms with Crippen LogP contribution in [0.5, 0.6) is 0 Å². The molecule has 1 atom stereocenters. The van der Waals surface area contributed by atoms with Gasteiger partial charge in [-0.15, -0.1) is 0 Å². The van der Waals surface area contributed by atoms with Gasteiger partial charge in [-0.1, -0.05) is 51.9 Å². The molecule has 21 heavy (non-hydrogen) atoms. The molecule has 0 radical (unpaired) electrons. The zero-order valence-corrected chi connectivity index (χ0v) is 13.4. The third-order valence-corrected chi connectivity index (χ3v) is 4.10. The van der Waals surface area contributed by atoms with Crippen LogP contribution in [0.1, 0.15) is 77.6 Å². The minimum absolute atomic E-state index is 0.00335. The number of hydrogen-bond acceptors (Lipinski definition) is 4. The Kier molecular flexibility index (Phi) is 9.92. The number of carbonyl (C=O) groups is 2. The summed E-state index contributed by atoms with van der Waals surface area (Å²) in [7, 11) is 0. The quantitative estimate of drug-likeness (QED) is 0.686. The van der Waals surface area contributed by atoms with Gasteiger partial charge in [-0.3, -0.25) is 9.59 Å². The van der Waals surface area contributed by atoms with Crippen molar-refractivity contribution in [2.24, 2.45) is 5.92 Å². The van der Waals surface area contributed by atoms with Crippen LogP contribution in [0.4, 0.5) is 0 Å². The highest BCUT2D eigenvalue weighted by Gasteiger charge is 2.17. The standard InChI is InChI=1S/C17H30O4/c1-2-15-11-9-7-5-3-4-6-8-10-12-16(18)20-13-14-21-17(15)19/h15H,2-14H2,1H3. The maximum Gasteiger partial charge on any atom is 0.309 e. The van der Waals surface area contributed by atoms with E-state index in [4.69, 9.17) is 9.47 Å². The predicted molar refractivity (Wildman–Crippen MR) is 81.9 cm³/mol. The predicted octanol–water partition coefficient (Wildman–Crippen LogP) is 4.01.